The normalized spacial score (nSPS) is 16.2. The summed E-state index contributed by atoms with van der Waals surface area (Å²) in [5, 5.41) is 17.1. The van der Waals surface area contributed by atoms with Gasteiger partial charge in [0.2, 0.25) is 0 Å². The van der Waals surface area contributed by atoms with Crippen LogP contribution in [0.2, 0.25) is 0 Å². The number of phenolic OH excluding ortho intramolecular Hbond substituents is 1. The fourth-order valence-corrected chi connectivity index (χ4v) is 2.52. The average Bonchev–Trinajstić information content (AvgIpc) is 3.01. The Morgan fingerprint density at radius 3 is 2.83 bits per heavy atom. The molecule has 0 unspecified atom stereocenters. The van der Waals surface area contributed by atoms with Crippen molar-refractivity contribution < 1.29 is 5.11 Å². The van der Waals surface area contributed by atoms with Gasteiger partial charge < -0.3 is 10.8 Å². The van der Waals surface area contributed by atoms with Crippen LogP contribution in [-0.4, -0.2) is 20.3 Å². The number of rotatable bonds is 2. The SMILES string of the molecule is Nc1cccc(-c2n[nH]c(C3CCCC3)n2)c1O. The molecule has 94 valence electrons. The van der Waals surface area contributed by atoms with Gasteiger partial charge in [-0.15, -0.1) is 0 Å². The van der Waals surface area contributed by atoms with Gasteiger partial charge in [-0.3, -0.25) is 5.10 Å². The van der Waals surface area contributed by atoms with E-state index in [1.165, 1.54) is 12.8 Å². The Kier molecular flexibility index (Phi) is 2.66. The highest BCUT2D eigenvalue weighted by molar-refractivity contribution is 5.72. The van der Waals surface area contributed by atoms with Crippen LogP contribution in [0.5, 0.6) is 5.75 Å². The van der Waals surface area contributed by atoms with E-state index in [-0.39, 0.29) is 5.75 Å². The Morgan fingerprint density at radius 2 is 2.06 bits per heavy atom. The fourth-order valence-electron chi connectivity index (χ4n) is 2.52. The van der Waals surface area contributed by atoms with Crippen LogP contribution in [-0.2, 0) is 0 Å². The minimum atomic E-state index is 0.0504. The number of anilines is 1. The molecule has 1 aliphatic rings. The molecule has 1 aliphatic carbocycles. The molecule has 5 nitrogen and oxygen atoms in total. The maximum atomic E-state index is 9.91. The van der Waals surface area contributed by atoms with Gasteiger partial charge in [0.25, 0.3) is 0 Å². The topological polar surface area (TPSA) is 87.8 Å². The smallest absolute Gasteiger partial charge is 0.184 e. The standard InChI is InChI=1S/C13H16N4O/c14-10-7-3-6-9(11(10)18)13-15-12(16-17-13)8-4-1-2-5-8/h3,6-8,18H,1-2,4-5,14H2,(H,15,16,17). The minimum Gasteiger partial charge on any atom is -0.505 e. The van der Waals surface area contributed by atoms with Gasteiger partial charge in [0.05, 0.1) is 11.3 Å². The lowest BCUT2D eigenvalue weighted by atomic mass is 10.1. The molecule has 0 amide bonds. The summed E-state index contributed by atoms with van der Waals surface area (Å²) in [6, 6.07) is 5.21. The van der Waals surface area contributed by atoms with Crippen molar-refractivity contribution in [1.82, 2.24) is 15.2 Å². The molecule has 1 aromatic heterocycles. The number of phenols is 1. The van der Waals surface area contributed by atoms with E-state index in [0.717, 1.165) is 18.7 Å². The van der Waals surface area contributed by atoms with Crippen molar-refractivity contribution >= 4 is 5.69 Å². The highest BCUT2D eigenvalue weighted by atomic mass is 16.3. The molecular formula is C13H16N4O. The second-order valence-corrected chi connectivity index (χ2v) is 4.77. The first-order valence-corrected chi connectivity index (χ1v) is 6.26. The van der Waals surface area contributed by atoms with Gasteiger partial charge in [-0.05, 0) is 25.0 Å². The van der Waals surface area contributed by atoms with E-state index in [4.69, 9.17) is 5.73 Å². The van der Waals surface area contributed by atoms with Crippen LogP contribution in [0.4, 0.5) is 5.69 Å². The van der Waals surface area contributed by atoms with Gasteiger partial charge in [0.1, 0.15) is 11.6 Å². The highest BCUT2D eigenvalue weighted by Crippen LogP contribution is 2.35. The third kappa shape index (κ3) is 1.81. The molecule has 0 spiro atoms. The summed E-state index contributed by atoms with van der Waals surface area (Å²) in [5.74, 6) is 1.97. The second kappa shape index (κ2) is 4.33. The average molecular weight is 244 g/mol. The van der Waals surface area contributed by atoms with Gasteiger partial charge in [0, 0.05) is 5.92 Å². The van der Waals surface area contributed by atoms with E-state index in [0.29, 0.717) is 23.0 Å². The molecule has 3 rings (SSSR count). The number of para-hydroxylation sites is 1. The molecular weight excluding hydrogens is 228 g/mol. The van der Waals surface area contributed by atoms with Crippen LogP contribution in [0.1, 0.15) is 37.4 Å². The number of H-pyrrole nitrogens is 1. The first-order chi connectivity index (χ1) is 8.75. The maximum absolute atomic E-state index is 9.91. The minimum absolute atomic E-state index is 0.0504. The van der Waals surface area contributed by atoms with Crippen LogP contribution in [0.15, 0.2) is 18.2 Å². The second-order valence-electron chi connectivity index (χ2n) is 4.77. The molecule has 1 aromatic carbocycles. The largest absolute Gasteiger partial charge is 0.505 e. The summed E-state index contributed by atoms with van der Waals surface area (Å²) in [6.07, 6.45) is 4.84. The Bertz CT molecular complexity index is 558. The van der Waals surface area contributed by atoms with Crippen molar-refractivity contribution in [2.24, 2.45) is 0 Å². The molecule has 1 fully saturated rings. The number of nitrogens with two attached hydrogens (primary N) is 1. The zero-order valence-electron chi connectivity index (χ0n) is 10.1. The number of nitrogen functional groups attached to an aromatic ring is 1. The van der Waals surface area contributed by atoms with Crippen LogP contribution < -0.4 is 5.73 Å². The monoisotopic (exact) mass is 244 g/mol. The van der Waals surface area contributed by atoms with E-state index in [2.05, 4.69) is 15.2 Å². The predicted octanol–water partition coefficient (Wildman–Crippen LogP) is 2.42. The molecule has 1 saturated carbocycles. The summed E-state index contributed by atoms with van der Waals surface area (Å²) >= 11 is 0. The van der Waals surface area contributed by atoms with Crippen LogP contribution in [0, 0.1) is 0 Å². The Morgan fingerprint density at radius 1 is 1.28 bits per heavy atom. The van der Waals surface area contributed by atoms with E-state index in [9.17, 15) is 5.11 Å². The molecule has 0 atom stereocenters. The Balaban J connectivity index is 1.95. The van der Waals surface area contributed by atoms with Gasteiger partial charge in [-0.25, -0.2) is 4.98 Å². The fraction of sp³-hybridized carbons (Fsp3) is 0.385. The first-order valence-electron chi connectivity index (χ1n) is 6.26. The number of aromatic nitrogens is 3. The quantitative estimate of drug-likeness (QED) is 0.559. The molecule has 0 saturated heterocycles. The molecule has 18 heavy (non-hydrogen) atoms. The zero-order chi connectivity index (χ0) is 12.5. The number of hydrogen-bond acceptors (Lipinski definition) is 4. The molecule has 0 aliphatic heterocycles. The molecule has 0 bridgehead atoms. The van der Waals surface area contributed by atoms with Gasteiger partial charge in [0.15, 0.2) is 5.82 Å². The Hall–Kier alpha value is -2.04. The predicted molar refractivity (Wildman–Crippen MR) is 69.1 cm³/mol. The number of nitrogens with zero attached hydrogens (tertiary/aromatic N) is 2. The molecule has 1 heterocycles. The van der Waals surface area contributed by atoms with Crippen molar-refractivity contribution in [3.8, 4) is 17.1 Å². The summed E-state index contributed by atoms with van der Waals surface area (Å²) in [4.78, 5) is 4.48. The number of benzene rings is 1. The highest BCUT2D eigenvalue weighted by Gasteiger charge is 2.21. The van der Waals surface area contributed by atoms with Crippen LogP contribution in [0.25, 0.3) is 11.4 Å². The van der Waals surface area contributed by atoms with E-state index < -0.39 is 0 Å². The number of aromatic hydroxyl groups is 1. The number of nitrogens with one attached hydrogen (secondary N) is 1. The Labute approximate surface area is 105 Å². The van der Waals surface area contributed by atoms with Gasteiger partial charge in [-0.1, -0.05) is 18.9 Å². The lowest BCUT2D eigenvalue weighted by Crippen LogP contribution is -1.94. The molecule has 2 aromatic rings. The van der Waals surface area contributed by atoms with Crippen molar-refractivity contribution in [2.45, 2.75) is 31.6 Å². The summed E-state index contributed by atoms with van der Waals surface area (Å²) in [6.45, 7) is 0. The van der Waals surface area contributed by atoms with Gasteiger partial charge in [-0.2, -0.15) is 5.10 Å². The lowest BCUT2D eigenvalue weighted by molar-refractivity contribution is 0.479. The van der Waals surface area contributed by atoms with Crippen LogP contribution in [0.3, 0.4) is 0 Å². The third-order valence-electron chi connectivity index (χ3n) is 3.55. The van der Waals surface area contributed by atoms with Crippen molar-refractivity contribution in [3.05, 3.63) is 24.0 Å². The van der Waals surface area contributed by atoms with E-state index >= 15 is 0 Å². The first kappa shape index (κ1) is 11.1. The van der Waals surface area contributed by atoms with E-state index in [1.54, 1.807) is 18.2 Å². The molecule has 0 radical (unpaired) electrons. The third-order valence-corrected chi connectivity index (χ3v) is 3.55. The summed E-state index contributed by atoms with van der Waals surface area (Å²) in [5.41, 5.74) is 6.60. The lowest BCUT2D eigenvalue weighted by Gasteiger charge is -2.03. The van der Waals surface area contributed by atoms with Crippen LogP contribution >= 0.6 is 0 Å². The zero-order valence-corrected chi connectivity index (χ0v) is 10.1. The van der Waals surface area contributed by atoms with Crippen molar-refractivity contribution in [1.29, 1.82) is 0 Å². The number of aromatic amines is 1. The maximum Gasteiger partial charge on any atom is 0.184 e. The molecule has 5 heteroatoms. The number of hydrogen-bond donors (Lipinski definition) is 3. The van der Waals surface area contributed by atoms with Gasteiger partial charge >= 0.3 is 0 Å². The summed E-state index contributed by atoms with van der Waals surface area (Å²) < 4.78 is 0. The molecule has 4 N–H and O–H groups in total. The van der Waals surface area contributed by atoms with Crippen molar-refractivity contribution in [2.75, 3.05) is 5.73 Å². The summed E-state index contributed by atoms with van der Waals surface area (Å²) in [7, 11) is 0. The van der Waals surface area contributed by atoms with E-state index in [1.807, 2.05) is 0 Å². The van der Waals surface area contributed by atoms with Crippen molar-refractivity contribution in [3.63, 3.8) is 0 Å².